The molecule has 1 saturated heterocycles. The molecule has 0 aromatic heterocycles. The highest BCUT2D eigenvalue weighted by atomic mass is 79.9. The molecule has 0 spiro atoms. The zero-order chi connectivity index (χ0) is 13.3. The number of hydrogen-bond acceptors (Lipinski definition) is 1. The van der Waals surface area contributed by atoms with Crippen LogP contribution in [0.25, 0.3) is 0 Å². The Bertz CT molecular complexity index is 461. The van der Waals surface area contributed by atoms with Crippen LogP contribution >= 0.6 is 15.9 Å². The van der Waals surface area contributed by atoms with Gasteiger partial charge in [0, 0.05) is 24.3 Å². The fraction of sp³-hybridized carbons (Fsp3) is 0.417. The number of carbonyl (C=O) groups excluding carboxylic acids is 1. The molecule has 1 aliphatic rings. The summed E-state index contributed by atoms with van der Waals surface area (Å²) < 4.78 is 37.6. The molecule has 0 aliphatic carbocycles. The molecule has 98 valence electrons. The van der Waals surface area contributed by atoms with Crippen molar-refractivity contribution in [3.05, 3.63) is 35.4 Å². The standard InChI is InChI=1S/C12H11BrF3NO/c13-10-5-11(18)17(7-10)6-8-2-1-3-9(4-8)12(14,15)16/h1-4,10H,5-7H2. The van der Waals surface area contributed by atoms with Crippen molar-refractivity contribution in [2.24, 2.45) is 0 Å². The molecular weight excluding hydrogens is 311 g/mol. The summed E-state index contributed by atoms with van der Waals surface area (Å²) in [5.74, 6) is -0.0331. The number of benzene rings is 1. The normalized spacial score (nSPS) is 20.6. The van der Waals surface area contributed by atoms with Crippen LogP contribution in [0.1, 0.15) is 17.5 Å². The highest BCUT2D eigenvalue weighted by Gasteiger charge is 2.31. The van der Waals surface area contributed by atoms with E-state index in [0.717, 1.165) is 12.1 Å². The van der Waals surface area contributed by atoms with Gasteiger partial charge in [-0.1, -0.05) is 28.1 Å². The van der Waals surface area contributed by atoms with Crippen LogP contribution in [0.5, 0.6) is 0 Å². The topological polar surface area (TPSA) is 20.3 Å². The molecule has 1 heterocycles. The first-order valence-corrected chi connectivity index (χ1v) is 6.36. The molecule has 2 rings (SSSR count). The Kier molecular flexibility index (Phi) is 3.66. The average Bonchev–Trinajstić information content (AvgIpc) is 2.56. The van der Waals surface area contributed by atoms with Gasteiger partial charge in [0.15, 0.2) is 0 Å². The van der Waals surface area contributed by atoms with Gasteiger partial charge in [-0.3, -0.25) is 4.79 Å². The zero-order valence-electron chi connectivity index (χ0n) is 9.38. The van der Waals surface area contributed by atoms with Gasteiger partial charge >= 0.3 is 6.18 Å². The lowest BCUT2D eigenvalue weighted by Crippen LogP contribution is -2.24. The van der Waals surface area contributed by atoms with E-state index in [0.29, 0.717) is 18.5 Å². The molecule has 1 aromatic rings. The Hall–Kier alpha value is -1.04. The molecular formula is C12H11BrF3NO. The fourth-order valence-corrected chi connectivity index (χ4v) is 2.57. The summed E-state index contributed by atoms with van der Waals surface area (Å²) in [4.78, 5) is 13.2. The van der Waals surface area contributed by atoms with Crippen molar-refractivity contribution >= 4 is 21.8 Å². The quantitative estimate of drug-likeness (QED) is 0.766. The van der Waals surface area contributed by atoms with Crippen LogP contribution in [-0.2, 0) is 17.5 Å². The minimum absolute atomic E-state index is 0.0331. The molecule has 6 heteroatoms. The Morgan fingerprint density at radius 2 is 2.11 bits per heavy atom. The van der Waals surface area contributed by atoms with Gasteiger partial charge in [0.1, 0.15) is 0 Å². The largest absolute Gasteiger partial charge is 0.416 e. The van der Waals surface area contributed by atoms with E-state index in [-0.39, 0.29) is 17.3 Å². The molecule has 0 bridgehead atoms. The maximum atomic E-state index is 12.5. The summed E-state index contributed by atoms with van der Waals surface area (Å²) >= 11 is 3.34. The third-order valence-electron chi connectivity index (χ3n) is 2.80. The lowest BCUT2D eigenvalue weighted by molar-refractivity contribution is -0.137. The van der Waals surface area contributed by atoms with Crippen LogP contribution in [0.2, 0.25) is 0 Å². The van der Waals surface area contributed by atoms with Crippen molar-refractivity contribution in [2.75, 3.05) is 6.54 Å². The summed E-state index contributed by atoms with van der Waals surface area (Å²) in [6, 6.07) is 5.09. The van der Waals surface area contributed by atoms with Gasteiger partial charge < -0.3 is 4.90 Å². The van der Waals surface area contributed by atoms with Crippen molar-refractivity contribution in [1.82, 2.24) is 4.90 Å². The number of halogens is 4. The average molecular weight is 322 g/mol. The second-order valence-electron chi connectivity index (χ2n) is 4.27. The second kappa shape index (κ2) is 4.91. The lowest BCUT2D eigenvalue weighted by Gasteiger charge is -2.16. The number of nitrogens with zero attached hydrogens (tertiary/aromatic N) is 1. The van der Waals surface area contributed by atoms with Gasteiger partial charge in [-0.05, 0) is 17.7 Å². The molecule has 1 aliphatic heterocycles. The minimum atomic E-state index is -4.34. The molecule has 0 N–H and O–H groups in total. The zero-order valence-corrected chi connectivity index (χ0v) is 11.0. The van der Waals surface area contributed by atoms with Gasteiger partial charge in [-0.2, -0.15) is 13.2 Å². The van der Waals surface area contributed by atoms with E-state index in [9.17, 15) is 18.0 Å². The smallest absolute Gasteiger partial charge is 0.337 e. The first-order chi connectivity index (χ1) is 8.36. The predicted molar refractivity (Wildman–Crippen MR) is 64.2 cm³/mol. The molecule has 18 heavy (non-hydrogen) atoms. The summed E-state index contributed by atoms with van der Waals surface area (Å²) in [7, 11) is 0. The molecule has 1 unspecified atom stereocenters. The van der Waals surface area contributed by atoms with Gasteiger partial charge in [-0.15, -0.1) is 0 Å². The van der Waals surface area contributed by atoms with Gasteiger partial charge in [0.25, 0.3) is 0 Å². The monoisotopic (exact) mass is 321 g/mol. The van der Waals surface area contributed by atoms with E-state index >= 15 is 0 Å². The molecule has 0 radical (unpaired) electrons. The number of hydrogen-bond donors (Lipinski definition) is 0. The predicted octanol–water partition coefficient (Wildman–Crippen LogP) is 3.20. The first-order valence-electron chi connectivity index (χ1n) is 5.44. The molecule has 2 nitrogen and oxygen atoms in total. The maximum absolute atomic E-state index is 12.5. The third kappa shape index (κ3) is 3.04. The van der Waals surface area contributed by atoms with E-state index in [1.54, 1.807) is 11.0 Å². The second-order valence-corrected chi connectivity index (χ2v) is 5.57. The van der Waals surface area contributed by atoms with Gasteiger partial charge in [0.2, 0.25) is 5.91 Å². The summed E-state index contributed by atoms with van der Waals surface area (Å²) in [6.45, 7) is 0.764. The van der Waals surface area contributed by atoms with E-state index in [2.05, 4.69) is 15.9 Å². The number of alkyl halides is 4. The Morgan fingerprint density at radius 3 is 2.67 bits per heavy atom. The highest BCUT2D eigenvalue weighted by molar-refractivity contribution is 9.09. The molecule has 1 aromatic carbocycles. The molecule has 1 amide bonds. The van der Waals surface area contributed by atoms with Crippen LogP contribution in [-0.4, -0.2) is 22.2 Å². The number of amides is 1. The Labute approximate surface area is 111 Å². The van der Waals surface area contributed by atoms with Crippen molar-refractivity contribution < 1.29 is 18.0 Å². The van der Waals surface area contributed by atoms with E-state index < -0.39 is 11.7 Å². The number of likely N-dealkylation sites (tertiary alicyclic amines) is 1. The summed E-state index contributed by atoms with van der Waals surface area (Å²) in [5.41, 5.74) is -0.179. The Balaban J connectivity index is 2.13. The van der Waals surface area contributed by atoms with E-state index in [1.807, 2.05) is 0 Å². The van der Waals surface area contributed by atoms with Crippen molar-refractivity contribution in [3.8, 4) is 0 Å². The summed E-state index contributed by atoms with van der Waals surface area (Å²) in [5, 5.41) is 0. The van der Waals surface area contributed by atoms with Crippen LogP contribution in [0.15, 0.2) is 24.3 Å². The van der Waals surface area contributed by atoms with Gasteiger partial charge in [0.05, 0.1) is 5.56 Å². The minimum Gasteiger partial charge on any atom is -0.337 e. The first kappa shape index (κ1) is 13.4. The lowest BCUT2D eigenvalue weighted by atomic mass is 10.1. The van der Waals surface area contributed by atoms with Crippen LogP contribution < -0.4 is 0 Å². The SMILES string of the molecule is O=C1CC(Br)CN1Cc1cccc(C(F)(F)F)c1. The van der Waals surface area contributed by atoms with Crippen LogP contribution in [0.3, 0.4) is 0 Å². The van der Waals surface area contributed by atoms with E-state index in [4.69, 9.17) is 0 Å². The number of carbonyl (C=O) groups is 1. The number of rotatable bonds is 2. The van der Waals surface area contributed by atoms with Crippen molar-refractivity contribution in [3.63, 3.8) is 0 Å². The highest BCUT2D eigenvalue weighted by Crippen LogP contribution is 2.30. The fourth-order valence-electron chi connectivity index (χ4n) is 1.94. The molecule has 1 fully saturated rings. The van der Waals surface area contributed by atoms with Crippen LogP contribution in [0.4, 0.5) is 13.2 Å². The van der Waals surface area contributed by atoms with Crippen molar-refractivity contribution in [1.29, 1.82) is 0 Å². The Morgan fingerprint density at radius 1 is 1.39 bits per heavy atom. The van der Waals surface area contributed by atoms with Crippen molar-refractivity contribution in [2.45, 2.75) is 24.0 Å². The molecule has 1 atom stereocenters. The molecule has 0 saturated carbocycles. The maximum Gasteiger partial charge on any atom is 0.416 e. The van der Waals surface area contributed by atoms with E-state index in [1.165, 1.54) is 6.07 Å². The third-order valence-corrected chi connectivity index (χ3v) is 3.41. The van der Waals surface area contributed by atoms with Gasteiger partial charge in [-0.25, -0.2) is 0 Å². The summed E-state index contributed by atoms with van der Waals surface area (Å²) in [6.07, 6.45) is -3.94. The van der Waals surface area contributed by atoms with Crippen LogP contribution in [0, 0.1) is 0 Å².